The molecular weight excluding hydrogens is 334 g/mol. The van der Waals surface area contributed by atoms with Crippen molar-refractivity contribution >= 4 is 11.9 Å². The van der Waals surface area contributed by atoms with Crippen LogP contribution in [0.2, 0.25) is 0 Å². The van der Waals surface area contributed by atoms with Crippen LogP contribution in [0.1, 0.15) is 29.2 Å². The number of carbonyl (C=O) groups is 2. The van der Waals surface area contributed by atoms with Gasteiger partial charge < -0.3 is 19.9 Å². The van der Waals surface area contributed by atoms with Crippen molar-refractivity contribution in [3.8, 4) is 11.5 Å². The lowest BCUT2D eigenvalue weighted by molar-refractivity contribution is -0.142. The van der Waals surface area contributed by atoms with Crippen LogP contribution in [0.15, 0.2) is 42.5 Å². The largest absolute Gasteiger partial charge is 0.497 e. The fraction of sp³-hybridized carbons (Fsp3) is 0.300. The van der Waals surface area contributed by atoms with Crippen LogP contribution in [0.5, 0.6) is 11.5 Å². The highest BCUT2D eigenvalue weighted by Crippen LogP contribution is 2.20. The molecule has 0 radical (unpaired) electrons. The molecule has 2 aromatic rings. The van der Waals surface area contributed by atoms with E-state index >= 15 is 0 Å². The number of nitrogens with one attached hydrogen (secondary N) is 1. The first kappa shape index (κ1) is 19.3. The quantitative estimate of drug-likeness (QED) is 0.759. The maximum atomic E-state index is 12.1. The van der Waals surface area contributed by atoms with E-state index in [1.165, 1.54) is 7.11 Å². The van der Waals surface area contributed by atoms with Gasteiger partial charge in [-0.1, -0.05) is 24.3 Å². The molecule has 0 fully saturated rings. The number of aryl methyl sites for hydroxylation is 2. The molecule has 0 aromatic heterocycles. The molecule has 0 aliphatic rings. The van der Waals surface area contributed by atoms with E-state index in [1.54, 1.807) is 24.3 Å². The number of amides is 1. The van der Waals surface area contributed by atoms with Gasteiger partial charge in [0.05, 0.1) is 20.1 Å². The molecule has 0 saturated heterocycles. The molecule has 6 heteroatoms. The summed E-state index contributed by atoms with van der Waals surface area (Å²) >= 11 is 0. The number of carbonyl (C=O) groups excluding carboxylic acids is 1. The average molecular weight is 357 g/mol. The molecule has 6 nitrogen and oxygen atoms in total. The molecule has 26 heavy (non-hydrogen) atoms. The van der Waals surface area contributed by atoms with Gasteiger partial charge in [-0.3, -0.25) is 4.79 Å². The third-order valence-electron chi connectivity index (χ3n) is 3.93. The Morgan fingerprint density at radius 2 is 1.81 bits per heavy atom. The van der Waals surface area contributed by atoms with Gasteiger partial charge in [-0.2, -0.15) is 0 Å². The topological polar surface area (TPSA) is 84.9 Å². The molecule has 2 rings (SSSR count). The monoisotopic (exact) mass is 357 g/mol. The summed E-state index contributed by atoms with van der Waals surface area (Å²) in [4.78, 5) is 23.6. The van der Waals surface area contributed by atoms with E-state index in [-0.39, 0.29) is 13.0 Å². The number of ether oxygens (including phenoxy) is 2. The highest BCUT2D eigenvalue weighted by atomic mass is 16.5. The Bertz CT molecular complexity index is 770. The highest BCUT2D eigenvalue weighted by molar-refractivity contribution is 5.84. The number of hydrogen-bond donors (Lipinski definition) is 2. The molecule has 0 bridgehead atoms. The lowest BCUT2D eigenvalue weighted by atomic mass is 10.1. The minimum atomic E-state index is -1.13. The molecule has 2 aromatic carbocycles. The summed E-state index contributed by atoms with van der Waals surface area (Å²) in [5.41, 5.74) is 2.53. The highest BCUT2D eigenvalue weighted by Gasteiger charge is 2.22. The number of benzene rings is 2. The molecular formula is C20H23NO5. The second kappa shape index (κ2) is 8.89. The van der Waals surface area contributed by atoms with Crippen LogP contribution in [0.4, 0.5) is 0 Å². The van der Waals surface area contributed by atoms with Crippen LogP contribution < -0.4 is 14.8 Å². The van der Waals surface area contributed by atoms with Gasteiger partial charge in [-0.25, -0.2) is 4.79 Å². The van der Waals surface area contributed by atoms with E-state index in [0.29, 0.717) is 11.3 Å². The molecule has 0 aliphatic heterocycles. The summed E-state index contributed by atoms with van der Waals surface area (Å²) in [5, 5.41) is 11.9. The van der Waals surface area contributed by atoms with Crippen LogP contribution in [0.3, 0.4) is 0 Å². The first-order chi connectivity index (χ1) is 12.4. The summed E-state index contributed by atoms with van der Waals surface area (Å²) in [5.74, 6) is -0.175. The van der Waals surface area contributed by atoms with Gasteiger partial charge in [0, 0.05) is 0 Å². The maximum absolute atomic E-state index is 12.1. The summed E-state index contributed by atoms with van der Waals surface area (Å²) in [7, 11) is 1.53. The summed E-state index contributed by atoms with van der Waals surface area (Å²) in [6.07, 6.45) is 0.0628. The van der Waals surface area contributed by atoms with Gasteiger partial charge in [-0.15, -0.1) is 0 Å². The molecule has 0 heterocycles. The van der Waals surface area contributed by atoms with Gasteiger partial charge in [0.2, 0.25) is 5.91 Å². The Balaban J connectivity index is 1.93. The Morgan fingerprint density at radius 1 is 1.12 bits per heavy atom. The Labute approximate surface area is 152 Å². The number of methoxy groups -OCH3 is 1. The fourth-order valence-corrected chi connectivity index (χ4v) is 2.43. The van der Waals surface area contributed by atoms with E-state index in [1.807, 2.05) is 32.0 Å². The zero-order valence-corrected chi connectivity index (χ0v) is 15.1. The lowest BCUT2D eigenvalue weighted by Gasteiger charge is -2.16. The number of carboxylic acid groups (broad SMARTS) is 1. The average Bonchev–Trinajstić information content (AvgIpc) is 2.62. The first-order valence-corrected chi connectivity index (χ1v) is 8.27. The summed E-state index contributed by atoms with van der Waals surface area (Å²) < 4.78 is 10.7. The third kappa shape index (κ3) is 5.24. The lowest BCUT2D eigenvalue weighted by Crippen LogP contribution is -2.34. The smallest absolute Gasteiger partial charge is 0.330 e. The van der Waals surface area contributed by atoms with Crippen molar-refractivity contribution in [3.63, 3.8) is 0 Å². The zero-order valence-electron chi connectivity index (χ0n) is 15.1. The second-order valence-corrected chi connectivity index (χ2v) is 5.98. The van der Waals surface area contributed by atoms with Crippen LogP contribution in [0, 0.1) is 13.8 Å². The van der Waals surface area contributed by atoms with E-state index < -0.39 is 17.9 Å². The molecule has 0 saturated carbocycles. The van der Waals surface area contributed by atoms with Crippen molar-refractivity contribution in [2.24, 2.45) is 0 Å². The van der Waals surface area contributed by atoms with Crippen molar-refractivity contribution in [2.75, 3.05) is 13.7 Å². The van der Waals surface area contributed by atoms with Crippen LogP contribution in [0.25, 0.3) is 0 Å². The molecule has 2 N–H and O–H groups in total. The van der Waals surface area contributed by atoms with Crippen molar-refractivity contribution < 1.29 is 24.2 Å². The molecule has 138 valence electrons. The molecule has 1 atom stereocenters. The summed E-state index contributed by atoms with van der Waals surface area (Å²) in [6, 6.07) is 11.3. The normalized spacial score (nSPS) is 11.5. The molecule has 1 unspecified atom stereocenters. The van der Waals surface area contributed by atoms with Crippen molar-refractivity contribution in [1.82, 2.24) is 5.32 Å². The third-order valence-corrected chi connectivity index (χ3v) is 3.93. The molecule has 1 amide bonds. The number of carboxylic acids is 1. The number of rotatable bonds is 8. The van der Waals surface area contributed by atoms with Crippen molar-refractivity contribution in [2.45, 2.75) is 26.3 Å². The maximum Gasteiger partial charge on any atom is 0.330 e. The first-order valence-electron chi connectivity index (χ1n) is 8.27. The minimum absolute atomic E-state index is 0.0628. The zero-order chi connectivity index (χ0) is 19.1. The Morgan fingerprint density at radius 3 is 2.42 bits per heavy atom. The van der Waals surface area contributed by atoms with Gasteiger partial charge >= 0.3 is 5.97 Å². The van der Waals surface area contributed by atoms with E-state index in [2.05, 4.69) is 5.32 Å². The van der Waals surface area contributed by atoms with Crippen LogP contribution in [-0.2, 0) is 9.59 Å². The van der Waals surface area contributed by atoms with Crippen LogP contribution >= 0.6 is 0 Å². The van der Waals surface area contributed by atoms with Gasteiger partial charge in [0.15, 0.2) is 6.04 Å². The number of aliphatic carboxylic acids is 1. The van der Waals surface area contributed by atoms with Crippen molar-refractivity contribution in [3.05, 3.63) is 59.2 Å². The van der Waals surface area contributed by atoms with E-state index in [9.17, 15) is 14.7 Å². The van der Waals surface area contributed by atoms with E-state index in [4.69, 9.17) is 9.47 Å². The molecule has 0 spiro atoms. The van der Waals surface area contributed by atoms with E-state index in [0.717, 1.165) is 16.9 Å². The fourth-order valence-electron chi connectivity index (χ4n) is 2.43. The van der Waals surface area contributed by atoms with Gasteiger partial charge in [0.1, 0.15) is 11.5 Å². The van der Waals surface area contributed by atoms with Gasteiger partial charge in [0.25, 0.3) is 0 Å². The van der Waals surface area contributed by atoms with Crippen molar-refractivity contribution in [1.29, 1.82) is 0 Å². The van der Waals surface area contributed by atoms with Gasteiger partial charge in [-0.05, 0) is 48.7 Å². The predicted octanol–water partition coefficient (Wildman–Crippen LogP) is 3.02. The standard InChI is InChI=1S/C20H23NO5/c1-13-4-5-14(2)17(12-13)26-11-10-18(22)21-19(20(23)24)15-6-8-16(25-3)9-7-15/h4-9,12,19H,10-11H2,1-3H3,(H,21,22)(H,23,24). The molecule has 0 aliphatic carbocycles. The Hall–Kier alpha value is -3.02. The second-order valence-electron chi connectivity index (χ2n) is 5.98. The predicted molar refractivity (Wildman–Crippen MR) is 97.5 cm³/mol. The minimum Gasteiger partial charge on any atom is -0.497 e. The van der Waals surface area contributed by atoms with Crippen LogP contribution in [-0.4, -0.2) is 30.7 Å². The summed E-state index contributed by atoms with van der Waals surface area (Å²) in [6.45, 7) is 4.06. The Kier molecular flexibility index (Phi) is 6.60. The SMILES string of the molecule is COc1ccc(C(NC(=O)CCOc2cc(C)ccc2C)C(=O)O)cc1. The number of hydrogen-bond acceptors (Lipinski definition) is 4.